The number of ether oxygens (including phenoxy) is 1. The average molecular weight is 332 g/mol. The lowest BCUT2D eigenvalue weighted by atomic mass is 10.2. The van der Waals surface area contributed by atoms with E-state index in [4.69, 9.17) is 4.74 Å². The normalized spacial score (nSPS) is 18.6. The van der Waals surface area contributed by atoms with E-state index in [1.54, 1.807) is 36.1 Å². The van der Waals surface area contributed by atoms with Gasteiger partial charge >= 0.3 is 5.97 Å². The van der Waals surface area contributed by atoms with Gasteiger partial charge in [0.2, 0.25) is 11.8 Å². The Morgan fingerprint density at radius 3 is 2.25 bits per heavy atom. The Kier molecular flexibility index (Phi) is 5.95. The van der Waals surface area contributed by atoms with Crippen LogP contribution < -0.4 is 5.32 Å². The van der Waals surface area contributed by atoms with E-state index in [1.807, 2.05) is 13.8 Å². The molecule has 1 aliphatic rings. The zero-order valence-corrected chi connectivity index (χ0v) is 14.4. The van der Waals surface area contributed by atoms with Crippen LogP contribution in [-0.2, 0) is 14.3 Å². The molecule has 6 nitrogen and oxygen atoms in total. The molecule has 0 heterocycles. The summed E-state index contributed by atoms with van der Waals surface area (Å²) in [7, 11) is 0. The molecule has 0 aliphatic heterocycles. The first-order valence-electron chi connectivity index (χ1n) is 8.38. The monoisotopic (exact) mass is 332 g/mol. The fourth-order valence-corrected chi connectivity index (χ4v) is 2.67. The summed E-state index contributed by atoms with van der Waals surface area (Å²) < 4.78 is 4.91. The van der Waals surface area contributed by atoms with E-state index in [1.165, 1.54) is 0 Å². The van der Waals surface area contributed by atoms with Crippen molar-refractivity contribution in [2.45, 2.75) is 27.2 Å². The Bertz CT molecular complexity index is 608. The van der Waals surface area contributed by atoms with E-state index in [9.17, 15) is 14.4 Å². The molecule has 1 saturated carbocycles. The maximum atomic E-state index is 12.2. The molecule has 0 saturated heterocycles. The molecule has 2 amide bonds. The fourth-order valence-electron chi connectivity index (χ4n) is 2.67. The minimum atomic E-state index is -0.387. The number of hydrogen-bond donors (Lipinski definition) is 1. The summed E-state index contributed by atoms with van der Waals surface area (Å²) in [6.07, 6.45) is 0.599. The van der Waals surface area contributed by atoms with Crippen molar-refractivity contribution in [2.75, 3.05) is 25.0 Å². The third-order valence-electron chi connectivity index (χ3n) is 4.18. The summed E-state index contributed by atoms with van der Waals surface area (Å²) in [6, 6.07) is 6.54. The van der Waals surface area contributed by atoms with Crippen molar-refractivity contribution < 1.29 is 19.1 Å². The quantitative estimate of drug-likeness (QED) is 0.778. The van der Waals surface area contributed by atoms with E-state index < -0.39 is 0 Å². The molecular weight excluding hydrogens is 308 g/mol. The predicted octanol–water partition coefficient (Wildman–Crippen LogP) is 2.31. The van der Waals surface area contributed by atoms with Gasteiger partial charge in [-0.1, -0.05) is 0 Å². The van der Waals surface area contributed by atoms with E-state index in [0.29, 0.717) is 37.4 Å². The van der Waals surface area contributed by atoms with Crippen molar-refractivity contribution in [3.63, 3.8) is 0 Å². The number of carbonyl (C=O) groups excluding carboxylic acids is 3. The van der Waals surface area contributed by atoms with Crippen molar-refractivity contribution in [1.29, 1.82) is 0 Å². The molecule has 1 aliphatic carbocycles. The number of nitrogens with zero attached hydrogens (tertiary/aromatic N) is 1. The molecule has 6 heteroatoms. The highest BCUT2D eigenvalue weighted by molar-refractivity contribution is 6.00. The minimum absolute atomic E-state index is 0.0535. The first-order chi connectivity index (χ1) is 11.5. The van der Waals surface area contributed by atoms with E-state index in [0.717, 1.165) is 0 Å². The van der Waals surface area contributed by atoms with E-state index >= 15 is 0 Å². The van der Waals surface area contributed by atoms with Crippen LogP contribution in [0.2, 0.25) is 0 Å². The summed E-state index contributed by atoms with van der Waals surface area (Å²) in [5.74, 6) is -0.948. The van der Waals surface area contributed by atoms with Gasteiger partial charge in [-0.25, -0.2) is 4.79 Å². The average Bonchev–Trinajstić information content (AvgIpc) is 3.37. The standard InChI is InChI=1S/C18H24N2O4/c1-4-20(5-2)17(22)15-11-14(15)16(21)19-13-9-7-12(8-10-13)18(23)24-6-3/h7-10,14-15H,4-6,11H2,1-3H3,(H,19,21). The number of carbonyl (C=O) groups is 3. The van der Waals surface area contributed by atoms with Gasteiger partial charge in [0, 0.05) is 18.8 Å². The highest BCUT2D eigenvalue weighted by Gasteiger charge is 2.49. The second kappa shape index (κ2) is 7.95. The molecule has 2 atom stereocenters. The van der Waals surface area contributed by atoms with Crippen LogP contribution in [0.5, 0.6) is 0 Å². The third-order valence-corrected chi connectivity index (χ3v) is 4.18. The predicted molar refractivity (Wildman–Crippen MR) is 90.6 cm³/mol. The van der Waals surface area contributed by atoms with Crippen LogP contribution >= 0.6 is 0 Å². The zero-order chi connectivity index (χ0) is 17.7. The molecule has 24 heavy (non-hydrogen) atoms. The topological polar surface area (TPSA) is 75.7 Å². The van der Waals surface area contributed by atoms with Gasteiger partial charge in [-0.05, 0) is 51.5 Å². The maximum absolute atomic E-state index is 12.2. The molecule has 0 aromatic heterocycles. The molecule has 2 unspecified atom stereocenters. The van der Waals surface area contributed by atoms with Crippen LogP contribution in [-0.4, -0.2) is 42.4 Å². The van der Waals surface area contributed by atoms with Gasteiger partial charge in [-0.15, -0.1) is 0 Å². The van der Waals surface area contributed by atoms with Crippen LogP contribution in [0, 0.1) is 11.8 Å². The molecule has 1 aromatic rings. The lowest BCUT2D eigenvalue weighted by molar-refractivity contribution is -0.133. The molecule has 130 valence electrons. The number of amides is 2. The molecular formula is C18H24N2O4. The Labute approximate surface area is 142 Å². The summed E-state index contributed by atoms with van der Waals surface area (Å²) in [5.41, 5.74) is 1.05. The summed E-state index contributed by atoms with van der Waals surface area (Å²) in [5, 5.41) is 2.80. The van der Waals surface area contributed by atoms with Crippen molar-refractivity contribution in [2.24, 2.45) is 11.8 Å². The van der Waals surface area contributed by atoms with Gasteiger partial charge in [0.15, 0.2) is 0 Å². The highest BCUT2D eigenvalue weighted by atomic mass is 16.5. The van der Waals surface area contributed by atoms with Crippen LogP contribution in [0.25, 0.3) is 0 Å². The smallest absolute Gasteiger partial charge is 0.338 e. The second-order valence-corrected chi connectivity index (χ2v) is 5.75. The van der Waals surface area contributed by atoms with Gasteiger partial charge < -0.3 is 15.0 Å². The Morgan fingerprint density at radius 2 is 1.71 bits per heavy atom. The molecule has 1 fully saturated rings. The van der Waals surface area contributed by atoms with Gasteiger partial charge in [0.25, 0.3) is 0 Å². The number of benzene rings is 1. The molecule has 2 rings (SSSR count). The van der Waals surface area contributed by atoms with E-state index in [-0.39, 0.29) is 29.6 Å². The van der Waals surface area contributed by atoms with Gasteiger partial charge in [-0.2, -0.15) is 0 Å². The summed E-state index contributed by atoms with van der Waals surface area (Å²) in [4.78, 5) is 37.8. The van der Waals surface area contributed by atoms with Gasteiger partial charge in [0.05, 0.1) is 24.0 Å². The lowest BCUT2D eigenvalue weighted by Gasteiger charge is -2.18. The van der Waals surface area contributed by atoms with Crippen molar-refractivity contribution in [1.82, 2.24) is 4.90 Å². The largest absolute Gasteiger partial charge is 0.462 e. The molecule has 1 N–H and O–H groups in total. The highest BCUT2D eigenvalue weighted by Crippen LogP contribution is 2.40. The fraction of sp³-hybridized carbons (Fsp3) is 0.500. The summed E-state index contributed by atoms with van der Waals surface area (Å²) in [6.45, 7) is 7.26. The Hall–Kier alpha value is -2.37. The Balaban J connectivity index is 1.90. The zero-order valence-electron chi connectivity index (χ0n) is 14.4. The maximum Gasteiger partial charge on any atom is 0.338 e. The minimum Gasteiger partial charge on any atom is -0.462 e. The number of nitrogens with one attached hydrogen (secondary N) is 1. The number of rotatable bonds is 7. The molecule has 1 aromatic carbocycles. The molecule has 0 radical (unpaired) electrons. The first kappa shape index (κ1) is 18.0. The Morgan fingerprint density at radius 1 is 1.08 bits per heavy atom. The first-order valence-corrected chi connectivity index (χ1v) is 8.38. The van der Waals surface area contributed by atoms with Crippen molar-refractivity contribution in [3.05, 3.63) is 29.8 Å². The number of hydrogen-bond acceptors (Lipinski definition) is 4. The van der Waals surface area contributed by atoms with Crippen molar-refractivity contribution >= 4 is 23.5 Å². The van der Waals surface area contributed by atoms with Crippen LogP contribution in [0.15, 0.2) is 24.3 Å². The van der Waals surface area contributed by atoms with Gasteiger partial charge in [0.1, 0.15) is 0 Å². The van der Waals surface area contributed by atoms with E-state index in [2.05, 4.69) is 5.32 Å². The molecule has 0 spiro atoms. The van der Waals surface area contributed by atoms with Crippen LogP contribution in [0.3, 0.4) is 0 Å². The van der Waals surface area contributed by atoms with Gasteiger partial charge in [-0.3, -0.25) is 9.59 Å². The number of esters is 1. The van der Waals surface area contributed by atoms with Crippen molar-refractivity contribution in [3.8, 4) is 0 Å². The SMILES string of the molecule is CCOC(=O)c1ccc(NC(=O)C2CC2C(=O)N(CC)CC)cc1. The summed E-state index contributed by atoms with van der Waals surface area (Å²) >= 11 is 0. The molecule has 0 bridgehead atoms. The number of anilines is 1. The van der Waals surface area contributed by atoms with Crippen LogP contribution in [0.4, 0.5) is 5.69 Å². The third kappa shape index (κ3) is 4.13. The second-order valence-electron chi connectivity index (χ2n) is 5.75. The lowest BCUT2D eigenvalue weighted by Crippen LogP contribution is -2.33. The van der Waals surface area contributed by atoms with Crippen LogP contribution in [0.1, 0.15) is 37.6 Å².